The molecule has 1 unspecified atom stereocenters. The van der Waals surface area contributed by atoms with Gasteiger partial charge in [0.1, 0.15) is 5.82 Å². The molecule has 0 aliphatic carbocycles. The lowest BCUT2D eigenvalue weighted by atomic mass is 9.92. The summed E-state index contributed by atoms with van der Waals surface area (Å²) < 4.78 is 13.2. The second-order valence-electron chi connectivity index (χ2n) is 4.77. The Hall–Kier alpha value is -1.58. The average molecular weight is 327 g/mol. The van der Waals surface area contributed by atoms with E-state index in [2.05, 4.69) is 0 Å². The third-order valence-electron chi connectivity index (χ3n) is 3.23. The van der Waals surface area contributed by atoms with E-state index in [1.165, 1.54) is 12.1 Å². The molecule has 1 atom stereocenters. The van der Waals surface area contributed by atoms with Gasteiger partial charge in [0.05, 0.1) is 5.92 Å². The molecule has 2 aromatic carbocycles. The normalized spacial score (nSPS) is 12.1. The second-order valence-corrected chi connectivity index (χ2v) is 5.59. The molecule has 0 spiro atoms. The van der Waals surface area contributed by atoms with E-state index in [0.29, 0.717) is 21.2 Å². The van der Waals surface area contributed by atoms with Crippen molar-refractivity contribution in [2.45, 2.75) is 12.8 Å². The van der Waals surface area contributed by atoms with E-state index < -0.39 is 11.9 Å². The maximum atomic E-state index is 13.2. The van der Waals surface area contributed by atoms with Gasteiger partial charge in [-0.05, 0) is 48.2 Å². The molecular weight excluding hydrogens is 314 g/mol. The van der Waals surface area contributed by atoms with E-state index in [9.17, 15) is 14.3 Å². The van der Waals surface area contributed by atoms with Crippen LogP contribution in [0.4, 0.5) is 4.39 Å². The smallest absolute Gasteiger partial charge is 0.307 e. The Labute approximate surface area is 132 Å². The number of rotatable bonds is 5. The van der Waals surface area contributed by atoms with Crippen LogP contribution in [0.3, 0.4) is 0 Å². The van der Waals surface area contributed by atoms with Crippen LogP contribution in [0.1, 0.15) is 11.1 Å². The molecule has 0 heterocycles. The fraction of sp³-hybridized carbons (Fsp3) is 0.188. The molecule has 0 aliphatic rings. The van der Waals surface area contributed by atoms with Crippen molar-refractivity contribution in [3.8, 4) is 0 Å². The van der Waals surface area contributed by atoms with Crippen LogP contribution in [0.2, 0.25) is 10.0 Å². The van der Waals surface area contributed by atoms with Gasteiger partial charge < -0.3 is 5.11 Å². The molecule has 0 bridgehead atoms. The first-order valence-corrected chi connectivity index (χ1v) is 7.13. The van der Waals surface area contributed by atoms with E-state index >= 15 is 0 Å². The zero-order valence-electron chi connectivity index (χ0n) is 11.0. The minimum atomic E-state index is -0.963. The summed E-state index contributed by atoms with van der Waals surface area (Å²) in [5, 5.41) is 10.2. The number of halogens is 3. The summed E-state index contributed by atoms with van der Waals surface area (Å²) in [6.07, 6.45) is 0.416. The van der Waals surface area contributed by atoms with Crippen molar-refractivity contribution in [1.82, 2.24) is 0 Å². The zero-order chi connectivity index (χ0) is 15.4. The Kier molecular flexibility index (Phi) is 5.21. The van der Waals surface area contributed by atoms with Gasteiger partial charge in [0.2, 0.25) is 0 Å². The third-order valence-corrected chi connectivity index (χ3v) is 3.94. The lowest BCUT2D eigenvalue weighted by Gasteiger charge is -2.14. The van der Waals surface area contributed by atoms with Crippen LogP contribution in [0, 0.1) is 11.7 Å². The number of carbonyl (C=O) groups is 1. The maximum Gasteiger partial charge on any atom is 0.307 e. The van der Waals surface area contributed by atoms with Crippen LogP contribution in [0.25, 0.3) is 0 Å². The van der Waals surface area contributed by atoms with Gasteiger partial charge in [0.15, 0.2) is 0 Å². The Bertz CT molecular complexity index is 638. The number of aliphatic carboxylic acids is 1. The highest BCUT2D eigenvalue weighted by Gasteiger charge is 2.21. The molecule has 1 N–H and O–H groups in total. The van der Waals surface area contributed by atoms with Gasteiger partial charge in [-0.3, -0.25) is 4.79 Å². The van der Waals surface area contributed by atoms with E-state index in [0.717, 1.165) is 0 Å². The summed E-state index contributed by atoms with van der Waals surface area (Å²) in [7, 11) is 0. The van der Waals surface area contributed by atoms with Crippen LogP contribution >= 0.6 is 23.2 Å². The molecular formula is C16H13Cl2FO2. The van der Waals surface area contributed by atoms with E-state index in [1.54, 1.807) is 30.3 Å². The highest BCUT2D eigenvalue weighted by molar-refractivity contribution is 6.36. The predicted octanol–water partition coefficient (Wildman–Crippen LogP) is 4.62. The fourth-order valence-corrected chi connectivity index (χ4v) is 2.72. The van der Waals surface area contributed by atoms with Gasteiger partial charge >= 0.3 is 5.97 Å². The predicted molar refractivity (Wildman–Crippen MR) is 81.4 cm³/mol. The largest absolute Gasteiger partial charge is 0.481 e. The number of benzene rings is 2. The summed E-state index contributed by atoms with van der Waals surface area (Å²) in [5.74, 6) is -2.06. The number of carboxylic acid groups (broad SMARTS) is 1. The first-order chi connectivity index (χ1) is 9.97. The Morgan fingerprint density at radius 2 is 1.71 bits per heavy atom. The first-order valence-electron chi connectivity index (χ1n) is 6.37. The topological polar surface area (TPSA) is 37.3 Å². The van der Waals surface area contributed by atoms with Crippen molar-refractivity contribution in [1.29, 1.82) is 0 Å². The van der Waals surface area contributed by atoms with Crippen LogP contribution in [-0.4, -0.2) is 11.1 Å². The van der Waals surface area contributed by atoms with Crippen LogP contribution < -0.4 is 0 Å². The van der Waals surface area contributed by atoms with Crippen molar-refractivity contribution in [2.24, 2.45) is 5.92 Å². The molecule has 0 fully saturated rings. The summed E-state index contributed by atoms with van der Waals surface area (Å²) in [6, 6.07) is 11.0. The van der Waals surface area contributed by atoms with Crippen LogP contribution in [0.5, 0.6) is 0 Å². The molecule has 0 saturated heterocycles. The van der Waals surface area contributed by atoms with Crippen LogP contribution in [0.15, 0.2) is 42.5 Å². The minimum absolute atomic E-state index is 0.199. The molecule has 110 valence electrons. The molecule has 0 aliphatic heterocycles. The zero-order valence-corrected chi connectivity index (χ0v) is 12.5. The standard InChI is InChI=1S/C16H13Cl2FO2/c17-14-5-2-6-15(18)13(14)9-11(16(20)21)7-10-3-1-4-12(19)8-10/h1-6,8,11H,7,9H2,(H,20,21). The quantitative estimate of drug-likeness (QED) is 0.870. The molecule has 5 heteroatoms. The average Bonchev–Trinajstić information content (AvgIpc) is 2.41. The van der Waals surface area contributed by atoms with E-state index in [4.69, 9.17) is 23.2 Å². The van der Waals surface area contributed by atoms with Gasteiger partial charge in [-0.1, -0.05) is 41.4 Å². The lowest BCUT2D eigenvalue weighted by molar-refractivity contribution is -0.141. The summed E-state index contributed by atoms with van der Waals surface area (Å²) >= 11 is 12.1. The van der Waals surface area contributed by atoms with E-state index in [-0.39, 0.29) is 18.7 Å². The minimum Gasteiger partial charge on any atom is -0.481 e. The number of carboxylic acids is 1. The van der Waals surface area contributed by atoms with Gasteiger partial charge in [0.25, 0.3) is 0 Å². The Morgan fingerprint density at radius 3 is 2.29 bits per heavy atom. The van der Waals surface area contributed by atoms with Crippen molar-refractivity contribution < 1.29 is 14.3 Å². The number of hydrogen-bond donors (Lipinski definition) is 1. The fourth-order valence-electron chi connectivity index (χ4n) is 2.17. The van der Waals surface area contributed by atoms with Crippen LogP contribution in [-0.2, 0) is 17.6 Å². The van der Waals surface area contributed by atoms with Crippen molar-refractivity contribution in [3.05, 3.63) is 69.5 Å². The molecule has 0 radical (unpaired) electrons. The maximum absolute atomic E-state index is 13.2. The highest BCUT2D eigenvalue weighted by Crippen LogP contribution is 2.28. The molecule has 2 nitrogen and oxygen atoms in total. The van der Waals surface area contributed by atoms with Gasteiger partial charge in [-0.25, -0.2) is 4.39 Å². The molecule has 0 amide bonds. The lowest BCUT2D eigenvalue weighted by Crippen LogP contribution is -2.19. The Morgan fingerprint density at radius 1 is 1.10 bits per heavy atom. The molecule has 2 rings (SSSR count). The monoisotopic (exact) mass is 326 g/mol. The first kappa shape index (κ1) is 15.8. The molecule has 0 saturated carbocycles. The van der Waals surface area contributed by atoms with Gasteiger partial charge in [0, 0.05) is 10.0 Å². The highest BCUT2D eigenvalue weighted by atomic mass is 35.5. The van der Waals surface area contributed by atoms with Gasteiger partial charge in [-0.15, -0.1) is 0 Å². The molecule has 0 aromatic heterocycles. The summed E-state index contributed by atoms with van der Waals surface area (Å²) in [5.41, 5.74) is 1.23. The van der Waals surface area contributed by atoms with Crippen molar-refractivity contribution in [2.75, 3.05) is 0 Å². The van der Waals surface area contributed by atoms with Crippen molar-refractivity contribution in [3.63, 3.8) is 0 Å². The van der Waals surface area contributed by atoms with E-state index in [1.807, 2.05) is 0 Å². The summed E-state index contributed by atoms with van der Waals surface area (Å²) in [4.78, 5) is 11.4. The summed E-state index contributed by atoms with van der Waals surface area (Å²) in [6.45, 7) is 0. The van der Waals surface area contributed by atoms with Gasteiger partial charge in [-0.2, -0.15) is 0 Å². The Balaban J connectivity index is 2.22. The second kappa shape index (κ2) is 6.92. The number of hydrogen-bond acceptors (Lipinski definition) is 1. The van der Waals surface area contributed by atoms with Crippen molar-refractivity contribution >= 4 is 29.2 Å². The third kappa shape index (κ3) is 4.19. The molecule has 2 aromatic rings. The SMILES string of the molecule is O=C(O)C(Cc1cccc(F)c1)Cc1c(Cl)cccc1Cl. The molecule has 21 heavy (non-hydrogen) atoms.